The second-order valence-electron chi connectivity index (χ2n) is 6.39. The molecular formula is C16H24N2O3. The van der Waals surface area contributed by atoms with Gasteiger partial charge in [0.05, 0.1) is 0 Å². The molecule has 5 nitrogen and oxygen atoms in total. The maximum Gasteiger partial charge on any atom is 0.416 e. The summed E-state index contributed by atoms with van der Waals surface area (Å²) < 4.78 is 10.9. The van der Waals surface area contributed by atoms with Gasteiger partial charge in [0.2, 0.25) is 0 Å². The van der Waals surface area contributed by atoms with Crippen LogP contribution in [0.1, 0.15) is 39.2 Å². The van der Waals surface area contributed by atoms with Crippen molar-refractivity contribution in [1.82, 2.24) is 4.98 Å². The lowest BCUT2D eigenvalue weighted by Crippen LogP contribution is -2.46. The van der Waals surface area contributed by atoms with Gasteiger partial charge in [0.1, 0.15) is 11.4 Å². The number of anilines is 1. The number of amides is 1. The summed E-state index contributed by atoms with van der Waals surface area (Å²) in [6.45, 7) is 8.93. The van der Waals surface area contributed by atoms with Crippen molar-refractivity contribution in [2.24, 2.45) is 0 Å². The highest BCUT2D eigenvalue weighted by Crippen LogP contribution is 2.24. The molecule has 0 unspecified atom stereocenters. The number of nitrogens with zero attached hydrogens (tertiary/aromatic N) is 2. The summed E-state index contributed by atoms with van der Waals surface area (Å²) in [5.74, 6) is 0.649. The van der Waals surface area contributed by atoms with Gasteiger partial charge in [-0.25, -0.2) is 9.78 Å². The van der Waals surface area contributed by atoms with Crippen LogP contribution in [0, 0.1) is 6.92 Å². The fourth-order valence-corrected chi connectivity index (χ4v) is 2.34. The number of pyridine rings is 1. The van der Waals surface area contributed by atoms with E-state index in [1.807, 2.05) is 39.8 Å². The zero-order chi connectivity index (χ0) is 15.5. The smallest absolute Gasteiger partial charge is 0.416 e. The number of hydrogen-bond donors (Lipinski definition) is 0. The van der Waals surface area contributed by atoms with Gasteiger partial charge < -0.3 is 9.47 Å². The van der Waals surface area contributed by atoms with Crippen molar-refractivity contribution >= 4 is 11.9 Å². The molecule has 2 heterocycles. The highest BCUT2D eigenvalue weighted by Gasteiger charge is 2.31. The predicted molar refractivity (Wildman–Crippen MR) is 81.5 cm³/mol. The average Bonchev–Trinajstić information content (AvgIpc) is 2.38. The largest absolute Gasteiger partial charge is 0.443 e. The van der Waals surface area contributed by atoms with Crippen LogP contribution in [0.2, 0.25) is 0 Å². The Labute approximate surface area is 126 Å². The minimum atomic E-state index is -0.523. The quantitative estimate of drug-likeness (QED) is 0.839. The Bertz CT molecular complexity index is 491. The van der Waals surface area contributed by atoms with Crippen molar-refractivity contribution in [2.75, 3.05) is 18.1 Å². The van der Waals surface area contributed by atoms with E-state index in [4.69, 9.17) is 9.47 Å². The molecule has 21 heavy (non-hydrogen) atoms. The second-order valence-corrected chi connectivity index (χ2v) is 6.39. The highest BCUT2D eigenvalue weighted by molar-refractivity contribution is 5.87. The fourth-order valence-electron chi connectivity index (χ4n) is 2.34. The van der Waals surface area contributed by atoms with Crippen molar-refractivity contribution in [3.63, 3.8) is 0 Å². The number of carbonyl (C=O) groups is 1. The van der Waals surface area contributed by atoms with Gasteiger partial charge in [0, 0.05) is 25.5 Å². The number of rotatable bonds is 2. The third-order valence-electron chi connectivity index (χ3n) is 3.29. The monoisotopic (exact) mass is 292 g/mol. The van der Waals surface area contributed by atoms with E-state index in [-0.39, 0.29) is 12.1 Å². The van der Waals surface area contributed by atoms with Gasteiger partial charge >= 0.3 is 6.09 Å². The Morgan fingerprint density at radius 2 is 2.05 bits per heavy atom. The minimum absolute atomic E-state index is 0.0721. The van der Waals surface area contributed by atoms with Crippen molar-refractivity contribution in [2.45, 2.75) is 52.2 Å². The van der Waals surface area contributed by atoms with Crippen LogP contribution in [-0.2, 0) is 9.47 Å². The lowest BCUT2D eigenvalue weighted by molar-refractivity contribution is 0.0485. The Hall–Kier alpha value is -1.62. The molecule has 1 aromatic heterocycles. The Morgan fingerprint density at radius 1 is 1.38 bits per heavy atom. The third kappa shape index (κ3) is 4.43. The van der Waals surface area contributed by atoms with Gasteiger partial charge in [-0.05, 0) is 58.2 Å². The Balaban J connectivity index is 2.27. The molecule has 0 bridgehead atoms. The molecule has 0 spiro atoms. The zero-order valence-electron chi connectivity index (χ0n) is 13.3. The summed E-state index contributed by atoms with van der Waals surface area (Å²) in [6, 6.07) is 3.91. The zero-order valence-corrected chi connectivity index (χ0v) is 13.3. The van der Waals surface area contributed by atoms with Gasteiger partial charge in [-0.3, -0.25) is 4.90 Å². The predicted octanol–water partition coefficient (Wildman–Crippen LogP) is 3.31. The van der Waals surface area contributed by atoms with Crippen molar-refractivity contribution < 1.29 is 14.3 Å². The molecule has 0 saturated carbocycles. The first-order valence-corrected chi connectivity index (χ1v) is 7.39. The van der Waals surface area contributed by atoms with Crippen LogP contribution in [-0.4, -0.2) is 35.9 Å². The second kappa shape index (κ2) is 6.43. The summed E-state index contributed by atoms with van der Waals surface area (Å²) in [5, 5.41) is 0. The molecule has 0 aromatic carbocycles. The maximum atomic E-state index is 12.6. The summed E-state index contributed by atoms with van der Waals surface area (Å²) in [7, 11) is 0. The standard InChI is InChI=1S/C16H24N2O3/c1-12-5-8-17-14(11-12)18(13-6-9-20-10-7-13)15(19)21-16(2,3)4/h5,8,11,13H,6-7,9-10H2,1-4H3. The van der Waals surface area contributed by atoms with E-state index in [2.05, 4.69) is 4.98 Å². The molecule has 5 heteroatoms. The Kier molecular flexibility index (Phi) is 4.83. The summed E-state index contributed by atoms with van der Waals surface area (Å²) >= 11 is 0. The van der Waals surface area contributed by atoms with E-state index in [9.17, 15) is 4.79 Å². The fraction of sp³-hybridized carbons (Fsp3) is 0.625. The number of aryl methyl sites for hydroxylation is 1. The third-order valence-corrected chi connectivity index (χ3v) is 3.29. The molecule has 0 aliphatic carbocycles. The lowest BCUT2D eigenvalue weighted by Gasteiger charge is -2.34. The van der Waals surface area contributed by atoms with Crippen molar-refractivity contribution in [1.29, 1.82) is 0 Å². The average molecular weight is 292 g/mol. The summed E-state index contributed by atoms with van der Waals surface area (Å²) in [6.07, 6.45) is 2.98. The van der Waals surface area contributed by atoms with Crippen LogP contribution in [0.4, 0.5) is 10.6 Å². The van der Waals surface area contributed by atoms with E-state index in [1.165, 1.54) is 0 Å². The van der Waals surface area contributed by atoms with E-state index in [1.54, 1.807) is 11.1 Å². The molecule has 1 aliphatic rings. The highest BCUT2D eigenvalue weighted by atomic mass is 16.6. The first-order valence-electron chi connectivity index (χ1n) is 7.39. The van der Waals surface area contributed by atoms with Crippen LogP contribution in [0.15, 0.2) is 18.3 Å². The van der Waals surface area contributed by atoms with Crippen LogP contribution in [0.3, 0.4) is 0 Å². The molecular weight excluding hydrogens is 268 g/mol. The Morgan fingerprint density at radius 3 is 2.62 bits per heavy atom. The van der Waals surface area contributed by atoms with Crippen LogP contribution >= 0.6 is 0 Å². The summed E-state index contributed by atoms with van der Waals surface area (Å²) in [4.78, 5) is 18.6. The van der Waals surface area contributed by atoms with Gasteiger partial charge in [0.15, 0.2) is 0 Å². The van der Waals surface area contributed by atoms with Gasteiger partial charge in [0.25, 0.3) is 0 Å². The van der Waals surface area contributed by atoms with Crippen molar-refractivity contribution in [3.8, 4) is 0 Å². The van der Waals surface area contributed by atoms with E-state index in [0.29, 0.717) is 19.0 Å². The number of hydrogen-bond acceptors (Lipinski definition) is 4. The summed E-state index contributed by atoms with van der Waals surface area (Å²) in [5.41, 5.74) is 0.547. The minimum Gasteiger partial charge on any atom is -0.443 e. The SMILES string of the molecule is Cc1ccnc(N(C(=O)OC(C)(C)C)C2CCOCC2)c1. The van der Waals surface area contributed by atoms with Gasteiger partial charge in [-0.2, -0.15) is 0 Å². The van der Waals surface area contributed by atoms with E-state index < -0.39 is 5.60 Å². The van der Waals surface area contributed by atoms with Crippen molar-refractivity contribution in [3.05, 3.63) is 23.9 Å². The maximum absolute atomic E-state index is 12.6. The van der Waals surface area contributed by atoms with Gasteiger partial charge in [-0.1, -0.05) is 0 Å². The lowest BCUT2D eigenvalue weighted by atomic mass is 10.1. The molecule has 0 N–H and O–H groups in total. The van der Waals surface area contributed by atoms with Gasteiger partial charge in [-0.15, -0.1) is 0 Å². The molecule has 116 valence electrons. The topological polar surface area (TPSA) is 51.7 Å². The molecule has 0 radical (unpaired) electrons. The van der Waals surface area contributed by atoms with Crippen LogP contribution in [0.5, 0.6) is 0 Å². The number of aromatic nitrogens is 1. The molecule has 1 saturated heterocycles. The first-order chi connectivity index (χ1) is 9.87. The molecule has 1 aliphatic heterocycles. The number of ether oxygens (including phenoxy) is 2. The van der Waals surface area contributed by atoms with E-state index >= 15 is 0 Å². The first kappa shape index (κ1) is 15.8. The normalized spacial score (nSPS) is 16.6. The molecule has 0 atom stereocenters. The molecule has 1 aromatic rings. The molecule has 1 amide bonds. The number of carbonyl (C=O) groups excluding carboxylic acids is 1. The molecule has 2 rings (SSSR count). The van der Waals surface area contributed by atoms with E-state index in [0.717, 1.165) is 18.4 Å². The van der Waals surface area contributed by atoms with Crippen LogP contribution < -0.4 is 4.90 Å². The molecule has 1 fully saturated rings. The van der Waals surface area contributed by atoms with Crippen LogP contribution in [0.25, 0.3) is 0 Å².